The van der Waals surface area contributed by atoms with E-state index in [0.29, 0.717) is 38.5 Å². The molecule has 1 fully saturated rings. The number of carbonyl (C=O) groups is 1. The number of hydrogen-bond acceptors (Lipinski definition) is 4. The zero-order valence-electron chi connectivity index (χ0n) is 11.8. The number of rotatable bonds is 6. The summed E-state index contributed by atoms with van der Waals surface area (Å²) >= 11 is 0. The smallest absolute Gasteiger partial charge is 0.234 e. The van der Waals surface area contributed by atoms with Gasteiger partial charge in [-0.05, 0) is 31.6 Å². The van der Waals surface area contributed by atoms with E-state index in [9.17, 15) is 4.79 Å². The van der Waals surface area contributed by atoms with E-state index in [-0.39, 0.29) is 11.7 Å². The van der Waals surface area contributed by atoms with Gasteiger partial charge in [0.1, 0.15) is 5.41 Å². The van der Waals surface area contributed by atoms with Crippen molar-refractivity contribution in [1.82, 2.24) is 5.32 Å². The summed E-state index contributed by atoms with van der Waals surface area (Å²) in [6.45, 7) is 5.83. The Balaban J connectivity index is 2.58. The Morgan fingerprint density at radius 3 is 2.63 bits per heavy atom. The molecule has 0 aliphatic carbocycles. The first-order valence-electron chi connectivity index (χ1n) is 6.87. The maximum Gasteiger partial charge on any atom is 0.234 e. The Bertz CT molecular complexity index is 323. The van der Waals surface area contributed by atoms with Gasteiger partial charge < -0.3 is 21.0 Å². The molecule has 6 heteroatoms. The Morgan fingerprint density at radius 2 is 2.11 bits per heavy atom. The van der Waals surface area contributed by atoms with Gasteiger partial charge in [0.05, 0.1) is 0 Å². The minimum atomic E-state index is -0.912. The summed E-state index contributed by atoms with van der Waals surface area (Å²) in [5, 5.41) is 14.8. The lowest BCUT2D eigenvalue weighted by molar-refractivity contribution is -0.131. The van der Waals surface area contributed by atoms with E-state index < -0.39 is 5.41 Å². The number of nitrogens with zero attached hydrogens (tertiary/aromatic N) is 1. The van der Waals surface area contributed by atoms with Crippen LogP contribution in [-0.4, -0.2) is 36.7 Å². The van der Waals surface area contributed by atoms with Crippen LogP contribution in [0, 0.1) is 11.3 Å². The fourth-order valence-electron chi connectivity index (χ4n) is 2.30. The van der Waals surface area contributed by atoms with E-state index >= 15 is 0 Å². The highest BCUT2D eigenvalue weighted by Crippen LogP contribution is 2.31. The fourth-order valence-corrected chi connectivity index (χ4v) is 2.30. The van der Waals surface area contributed by atoms with Crippen LogP contribution in [0.15, 0.2) is 5.16 Å². The molecule has 0 unspecified atom stereocenters. The third kappa shape index (κ3) is 4.09. The summed E-state index contributed by atoms with van der Waals surface area (Å²) < 4.78 is 5.25. The van der Waals surface area contributed by atoms with Crippen LogP contribution in [0.25, 0.3) is 0 Å². The van der Waals surface area contributed by atoms with Crippen molar-refractivity contribution in [3.63, 3.8) is 0 Å². The van der Waals surface area contributed by atoms with Gasteiger partial charge in [0.25, 0.3) is 0 Å². The Labute approximate surface area is 114 Å². The summed E-state index contributed by atoms with van der Waals surface area (Å²) in [5.41, 5.74) is 4.81. The van der Waals surface area contributed by atoms with Crippen LogP contribution in [0.3, 0.4) is 0 Å². The molecule has 19 heavy (non-hydrogen) atoms. The third-order valence-corrected chi connectivity index (χ3v) is 3.62. The minimum Gasteiger partial charge on any atom is -0.409 e. The van der Waals surface area contributed by atoms with E-state index in [0.717, 1.165) is 12.8 Å². The van der Waals surface area contributed by atoms with Crippen molar-refractivity contribution in [3.8, 4) is 0 Å². The molecule has 0 saturated carbocycles. The average molecular weight is 271 g/mol. The maximum atomic E-state index is 12.3. The van der Waals surface area contributed by atoms with Crippen LogP contribution in [-0.2, 0) is 9.53 Å². The highest BCUT2D eigenvalue weighted by Gasteiger charge is 2.44. The van der Waals surface area contributed by atoms with Crippen molar-refractivity contribution >= 4 is 11.7 Å². The number of oxime groups is 1. The van der Waals surface area contributed by atoms with Crippen molar-refractivity contribution in [2.24, 2.45) is 22.2 Å². The van der Waals surface area contributed by atoms with Crippen molar-refractivity contribution < 1.29 is 14.7 Å². The van der Waals surface area contributed by atoms with Gasteiger partial charge in [-0.3, -0.25) is 4.79 Å². The topological polar surface area (TPSA) is 96.9 Å². The highest BCUT2D eigenvalue weighted by atomic mass is 16.5. The molecule has 0 atom stereocenters. The predicted molar refractivity (Wildman–Crippen MR) is 73.0 cm³/mol. The summed E-state index contributed by atoms with van der Waals surface area (Å²) in [4.78, 5) is 12.3. The Kier molecular flexibility index (Phi) is 6.08. The van der Waals surface area contributed by atoms with Gasteiger partial charge in [0.2, 0.25) is 5.91 Å². The lowest BCUT2D eigenvalue weighted by Crippen LogP contribution is -2.52. The monoisotopic (exact) mass is 271 g/mol. The van der Waals surface area contributed by atoms with E-state index in [1.165, 1.54) is 0 Å². The SMILES string of the molecule is CC(C)CCCNC(=O)C1(C(N)=NO)CCOCC1. The lowest BCUT2D eigenvalue weighted by Gasteiger charge is -2.34. The molecule has 0 aromatic carbocycles. The first kappa shape index (κ1) is 15.8. The molecule has 0 radical (unpaired) electrons. The van der Waals surface area contributed by atoms with Gasteiger partial charge in [0, 0.05) is 19.8 Å². The maximum absolute atomic E-state index is 12.3. The number of amidine groups is 1. The van der Waals surface area contributed by atoms with Crippen molar-refractivity contribution in [2.75, 3.05) is 19.8 Å². The molecule has 0 spiro atoms. The summed E-state index contributed by atoms with van der Waals surface area (Å²) in [5.74, 6) is 0.449. The number of ether oxygens (including phenoxy) is 1. The van der Waals surface area contributed by atoms with E-state index in [2.05, 4.69) is 24.3 Å². The van der Waals surface area contributed by atoms with E-state index in [1.54, 1.807) is 0 Å². The first-order chi connectivity index (χ1) is 9.03. The highest BCUT2D eigenvalue weighted by molar-refractivity contribution is 6.06. The van der Waals surface area contributed by atoms with Crippen molar-refractivity contribution in [1.29, 1.82) is 0 Å². The summed E-state index contributed by atoms with van der Waals surface area (Å²) in [6, 6.07) is 0. The molecule has 1 aliphatic heterocycles. The van der Waals surface area contributed by atoms with Crippen LogP contribution in [0.2, 0.25) is 0 Å². The van der Waals surface area contributed by atoms with Crippen LogP contribution >= 0.6 is 0 Å². The predicted octanol–water partition coefficient (Wildman–Crippen LogP) is 1.08. The standard InChI is InChI=1S/C13H25N3O3/c1-10(2)4-3-7-15-12(17)13(11(14)16-18)5-8-19-9-6-13/h10,18H,3-9H2,1-2H3,(H2,14,16)(H,15,17). The van der Waals surface area contributed by atoms with Crippen LogP contribution in [0.1, 0.15) is 39.5 Å². The molecule has 1 aliphatic rings. The summed E-state index contributed by atoms with van der Waals surface area (Å²) in [6.07, 6.45) is 2.92. The zero-order chi connectivity index (χ0) is 14.3. The van der Waals surface area contributed by atoms with Crippen molar-refractivity contribution in [2.45, 2.75) is 39.5 Å². The fraction of sp³-hybridized carbons (Fsp3) is 0.846. The van der Waals surface area contributed by atoms with Gasteiger partial charge >= 0.3 is 0 Å². The number of nitrogens with one attached hydrogen (secondary N) is 1. The van der Waals surface area contributed by atoms with Gasteiger partial charge in [-0.1, -0.05) is 19.0 Å². The van der Waals surface area contributed by atoms with Gasteiger partial charge in [-0.25, -0.2) is 0 Å². The molecular weight excluding hydrogens is 246 g/mol. The van der Waals surface area contributed by atoms with Crippen molar-refractivity contribution in [3.05, 3.63) is 0 Å². The Hall–Kier alpha value is -1.30. The molecule has 0 bridgehead atoms. The van der Waals surface area contributed by atoms with E-state index in [4.69, 9.17) is 15.7 Å². The molecule has 1 saturated heterocycles. The zero-order valence-corrected chi connectivity index (χ0v) is 11.8. The Morgan fingerprint density at radius 1 is 1.47 bits per heavy atom. The molecule has 1 rings (SSSR count). The van der Waals surface area contributed by atoms with E-state index in [1.807, 2.05) is 0 Å². The van der Waals surface area contributed by atoms with Crippen LogP contribution in [0.5, 0.6) is 0 Å². The second kappa shape index (κ2) is 7.33. The number of carbonyl (C=O) groups excluding carboxylic acids is 1. The molecule has 4 N–H and O–H groups in total. The largest absolute Gasteiger partial charge is 0.409 e. The second-order valence-electron chi connectivity index (χ2n) is 5.47. The van der Waals surface area contributed by atoms with Crippen LogP contribution < -0.4 is 11.1 Å². The quantitative estimate of drug-likeness (QED) is 0.221. The third-order valence-electron chi connectivity index (χ3n) is 3.62. The normalized spacial score (nSPS) is 19.4. The number of amides is 1. The van der Waals surface area contributed by atoms with Gasteiger partial charge in [-0.15, -0.1) is 0 Å². The molecule has 0 aromatic heterocycles. The second-order valence-corrected chi connectivity index (χ2v) is 5.47. The average Bonchev–Trinajstić information content (AvgIpc) is 2.42. The number of hydrogen-bond donors (Lipinski definition) is 3. The molecule has 1 amide bonds. The first-order valence-corrected chi connectivity index (χ1v) is 6.87. The van der Waals surface area contributed by atoms with Gasteiger partial charge in [-0.2, -0.15) is 0 Å². The molecular formula is C13H25N3O3. The molecule has 6 nitrogen and oxygen atoms in total. The molecule has 110 valence electrons. The van der Waals surface area contributed by atoms with Crippen LogP contribution in [0.4, 0.5) is 0 Å². The van der Waals surface area contributed by atoms with Gasteiger partial charge in [0.15, 0.2) is 5.84 Å². The minimum absolute atomic E-state index is 0.0165. The summed E-state index contributed by atoms with van der Waals surface area (Å²) in [7, 11) is 0. The molecule has 1 heterocycles. The molecule has 0 aromatic rings. The lowest BCUT2D eigenvalue weighted by atomic mass is 9.78. The number of nitrogens with two attached hydrogens (primary N) is 1.